The number of carboxylic acids is 1. The van der Waals surface area contributed by atoms with Crippen LogP contribution >= 0.6 is 0 Å². The van der Waals surface area contributed by atoms with Crippen molar-refractivity contribution in [1.29, 1.82) is 0 Å². The second-order valence-electron chi connectivity index (χ2n) is 4.38. The van der Waals surface area contributed by atoms with Gasteiger partial charge in [0.2, 0.25) is 5.91 Å². The van der Waals surface area contributed by atoms with Crippen LogP contribution in [0.3, 0.4) is 0 Å². The van der Waals surface area contributed by atoms with Gasteiger partial charge in [-0.05, 0) is 12.5 Å². The van der Waals surface area contributed by atoms with Crippen molar-refractivity contribution in [3.63, 3.8) is 0 Å². The second-order valence-corrected chi connectivity index (χ2v) is 4.38. The molecule has 114 valence electrons. The number of phenols is 1. The average Bonchev–Trinajstić information content (AvgIpc) is 2.45. The van der Waals surface area contributed by atoms with E-state index >= 15 is 0 Å². The number of ether oxygens (including phenoxy) is 1. The summed E-state index contributed by atoms with van der Waals surface area (Å²) in [6.07, 6.45) is -0.312. The minimum atomic E-state index is -1.23. The number of amides is 1. The molecule has 21 heavy (non-hydrogen) atoms. The number of benzene rings is 1. The number of carbonyl (C=O) groups excluding carboxylic acids is 2. The summed E-state index contributed by atoms with van der Waals surface area (Å²) < 4.78 is 4.42. The lowest BCUT2D eigenvalue weighted by molar-refractivity contribution is -0.144. The number of methoxy groups -OCH3 is 1. The average molecular weight is 295 g/mol. The van der Waals surface area contributed by atoms with Gasteiger partial charge in [-0.25, -0.2) is 4.79 Å². The van der Waals surface area contributed by atoms with Crippen LogP contribution in [0.2, 0.25) is 0 Å². The van der Waals surface area contributed by atoms with E-state index in [0.717, 1.165) is 0 Å². The molecule has 1 rings (SSSR count). The molecule has 0 saturated carbocycles. The molecule has 7 heteroatoms. The van der Waals surface area contributed by atoms with Crippen molar-refractivity contribution in [3.8, 4) is 5.75 Å². The van der Waals surface area contributed by atoms with Crippen LogP contribution in [0.25, 0.3) is 0 Å². The fraction of sp³-hybridized carbons (Fsp3) is 0.357. The molecule has 0 heterocycles. The quantitative estimate of drug-likeness (QED) is 0.630. The zero-order valence-corrected chi connectivity index (χ0v) is 11.5. The molecule has 0 spiro atoms. The van der Waals surface area contributed by atoms with Crippen molar-refractivity contribution in [3.05, 3.63) is 29.8 Å². The molecule has 0 fully saturated rings. The number of nitrogens with one attached hydrogen (secondary N) is 1. The Morgan fingerprint density at radius 1 is 1.29 bits per heavy atom. The third-order valence-electron chi connectivity index (χ3n) is 2.84. The van der Waals surface area contributed by atoms with E-state index in [-0.39, 0.29) is 25.0 Å². The summed E-state index contributed by atoms with van der Waals surface area (Å²) in [6, 6.07) is 5.11. The summed E-state index contributed by atoms with van der Waals surface area (Å²) in [5.41, 5.74) is 0.395. The van der Waals surface area contributed by atoms with Gasteiger partial charge < -0.3 is 20.3 Å². The van der Waals surface area contributed by atoms with Crippen LogP contribution in [0.5, 0.6) is 5.75 Å². The molecule has 0 radical (unpaired) electrons. The number of aromatic hydroxyl groups is 1. The molecular formula is C14H17NO6. The van der Waals surface area contributed by atoms with Crippen molar-refractivity contribution in [1.82, 2.24) is 5.32 Å². The number of hydrogen-bond acceptors (Lipinski definition) is 5. The SMILES string of the molecule is COC(=O)CC[C@@H](NC(=O)Cc1ccccc1O)C(=O)O. The van der Waals surface area contributed by atoms with E-state index in [0.29, 0.717) is 5.56 Å². The Bertz CT molecular complexity index is 528. The van der Waals surface area contributed by atoms with Gasteiger partial charge in [-0.1, -0.05) is 18.2 Å². The van der Waals surface area contributed by atoms with Crippen molar-refractivity contribution < 1.29 is 29.3 Å². The van der Waals surface area contributed by atoms with Gasteiger partial charge in [0.15, 0.2) is 0 Å². The predicted molar refractivity (Wildman–Crippen MR) is 72.6 cm³/mol. The first kappa shape index (κ1) is 16.5. The first-order chi connectivity index (χ1) is 9.93. The maximum Gasteiger partial charge on any atom is 0.326 e. The molecular weight excluding hydrogens is 278 g/mol. The van der Waals surface area contributed by atoms with E-state index in [4.69, 9.17) is 5.11 Å². The maximum absolute atomic E-state index is 11.8. The highest BCUT2D eigenvalue weighted by atomic mass is 16.5. The minimum absolute atomic E-state index is 0.0333. The van der Waals surface area contributed by atoms with E-state index in [1.807, 2.05) is 0 Å². The molecule has 1 amide bonds. The summed E-state index contributed by atoms with van der Waals surface area (Å²) in [5, 5.41) is 20.9. The number of para-hydroxylation sites is 1. The zero-order chi connectivity index (χ0) is 15.8. The molecule has 0 bridgehead atoms. The van der Waals surface area contributed by atoms with Gasteiger partial charge in [0.05, 0.1) is 13.5 Å². The van der Waals surface area contributed by atoms with E-state index in [1.165, 1.54) is 13.2 Å². The summed E-state index contributed by atoms with van der Waals surface area (Å²) in [4.78, 5) is 33.8. The van der Waals surface area contributed by atoms with Gasteiger partial charge in [0, 0.05) is 12.0 Å². The molecule has 3 N–H and O–H groups in total. The highest BCUT2D eigenvalue weighted by molar-refractivity contribution is 5.85. The fourth-order valence-electron chi connectivity index (χ4n) is 1.70. The van der Waals surface area contributed by atoms with Crippen molar-refractivity contribution >= 4 is 17.8 Å². The van der Waals surface area contributed by atoms with E-state index in [2.05, 4.69) is 10.1 Å². The number of phenolic OH excluding ortho intramolecular Hbond substituents is 1. The van der Waals surface area contributed by atoms with Crippen LogP contribution in [0.15, 0.2) is 24.3 Å². The first-order valence-electron chi connectivity index (χ1n) is 6.30. The monoisotopic (exact) mass is 295 g/mol. The lowest BCUT2D eigenvalue weighted by Gasteiger charge is -2.14. The number of rotatable bonds is 7. The summed E-state index contributed by atoms with van der Waals surface area (Å²) >= 11 is 0. The third kappa shape index (κ3) is 5.52. The van der Waals surface area contributed by atoms with Gasteiger partial charge in [-0.2, -0.15) is 0 Å². The van der Waals surface area contributed by atoms with Crippen LogP contribution in [-0.2, 0) is 25.5 Å². The fourth-order valence-corrected chi connectivity index (χ4v) is 1.70. The zero-order valence-electron chi connectivity index (χ0n) is 11.5. The van der Waals surface area contributed by atoms with Crippen molar-refractivity contribution in [2.75, 3.05) is 7.11 Å². The smallest absolute Gasteiger partial charge is 0.326 e. The Balaban J connectivity index is 2.58. The predicted octanol–water partition coefficient (Wildman–Crippen LogP) is 0.457. The van der Waals surface area contributed by atoms with E-state index in [9.17, 15) is 19.5 Å². The molecule has 1 atom stereocenters. The summed E-state index contributed by atoms with van der Waals surface area (Å²) in [5.74, 6) is -2.36. The molecule has 0 unspecified atom stereocenters. The molecule has 0 aliphatic rings. The Morgan fingerprint density at radius 2 is 1.95 bits per heavy atom. The Morgan fingerprint density at radius 3 is 2.52 bits per heavy atom. The van der Waals surface area contributed by atoms with Gasteiger partial charge in [0.25, 0.3) is 0 Å². The highest BCUT2D eigenvalue weighted by Gasteiger charge is 2.21. The Kier molecular flexibility index (Phi) is 6.19. The van der Waals surface area contributed by atoms with E-state index in [1.54, 1.807) is 18.2 Å². The van der Waals surface area contributed by atoms with Crippen LogP contribution in [-0.4, -0.2) is 41.2 Å². The van der Waals surface area contributed by atoms with E-state index < -0.39 is 23.9 Å². The summed E-state index contributed by atoms with van der Waals surface area (Å²) in [7, 11) is 1.20. The Hall–Kier alpha value is -2.57. The lowest BCUT2D eigenvalue weighted by Crippen LogP contribution is -2.41. The number of esters is 1. The van der Waals surface area contributed by atoms with Crippen molar-refractivity contribution in [2.45, 2.75) is 25.3 Å². The number of aliphatic carboxylic acids is 1. The second kappa shape index (κ2) is 7.88. The standard InChI is InChI=1S/C14H17NO6/c1-21-13(18)7-6-10(14(19)20)15-12(17)8-9-4-2-3-5-11(9)16/h2-5,10,16H,6-8H2,1H3,(H,15,17)(H,19,20)/t10-/m1/s1. The lowest BCUT2D eigenvalue weighted by atomic mass is 10.1. The highest BCUT2D eigenvalue weighted by Crippen LogP contribution is 2.16. The minimum Gasteiger partial charge on any atom is -0.508 e. The van der Waals surface area contributed by atoms with Crippen molar-refractivity contribution in [2.24, 2.45) is 0 Å². The van der Waals surface area contributed by atoms with Gasteiger partial charge in [-0.3, -0.25) is 9.59 Å². The largest absolute Gasteiger partial charge is 0.508 e. The molecule has 0 aliphatic carbocycles. The molecule has 7 nitrogen and oxygen atoms in total. The number of hydrogen-bond donors (Lipinski definition) is 3. The van der Waals surface area contributed by atoms with Crippen LogP contribution in [0, 0.1) is 0 Å². The third-order valence-corrected chi connectivity index (χ3v) is 2.84. The van der Waals surface area contributed by atoms with Crippen LogP contribution in [0.4, 0.5) is 0 Å². The number of carbonyl (C=O) groups is 3. The van der Waals surface area contributed by atoms with Gasteiger partial charge >= 0.3 is 11.9 Å². The molecule has 1 aromatic carbocycles. The first-order valence-corrected chi connectivity index (χ1v) is 6.30. The Labute approximate surface area is 121 Å². The molecule has 1 aromatic rings. The van der Waals surface area contributed by atoms with Gasteiger partial charge in [0.1, 0.15) is 11.8 Å². The molecule has 0 saturated heterocycles. The topological polar surface area (TPSA) is 113 Å². The number of carboxylic acid groups (broad SMARTS) is 1. The normalized spacial score (nSPS) is 11.5. The van der Waals surface area contributed by atoms with Crippen LogP contribution in [0.1, 0.15) is 18.4 Å². The van der Waals surface area contributed by atoms with Gasteiger partial charge in [-0.15, -0.1) is 0 Å². The summed E-state index contributed by atoms with van der Waals surface area (Å²) in [6.45, 7) is 0. The van der Waals surface area contributed by atoms with Crippen LogP contribution < -0.4 is 5.32 Å². The molecule has 0 aromatic heterocycles. The molecule has 0 aliphatic heterocycles. The maximum atomic E-state index is 11.8.